The Labute approximate surface area is 132 Å². The quantitative estimate of drug-likeness (QED) is 0.931. The number of nitrogens with zero attached hydrogens (tertiary/aromatic N) is 3. The second-order valence-corrected chi connectivity index (χ2v) is 6.80. The summed E-state index contributed by atoms with van der Waals surface area (Å²) in [6.07, 6.45) is 10.2. The molecule has 1 aliphatic carbocycles. The van der Waals surface area contributed by atoms with E-state index in [2.05, 4.69) is 27.1 Å². The molecule has 3 rings (SSSR count). The fourth-order valence-corrected chi connectivity index (χ4v) is 3.55. The van der Waals surface area contributed by atoms with Crippen LogP contribution in [0.25, 0.3) is 0 Å². The molecule has 0 radical (unpaired) electrons. The Morgan fingerprint density at radius 1 is 1.18 bits per heavy atom. The molecule has 1 saturated carbocycles. The lowest BCUT2D eigenvalue weighted by Crippen LogP contribution is -2.47. The molecule has 1 unspecified atom stereocenters. The lowest BCUT2D eigenvalue weighted by atomic mass is 9.87. The predicted octanol–water partition coefficient (Wildman–Crippen LogP) is 2.39. The zero-order valence-electron chi connectivity index (χ0n) is 13.4. The van der Waals surface area contributed by atoms with E-state index in [9.17, 15) is 4.79 Å². The highest BCUT2D eigenvalue weighted by molar-refractivity contribution is 5.79. The normalized spacial score (nSPS) is 29.1. The number of anilines is 1. The average molecular weight is 302 g/mol. The zero-order chi connectivity index (χ0) is 15.4. The van der Waals surface area contributed by atoms with Gasteiger partial charge in [-0.05, 0) is 50.5 Å². The van der Waals surface area contributed by atoms with Gasteiger partial charge in [0.15, 0.2) is 0 Å². The summed E-state index contributed by atoms with van der Waals surface area (Å²) in [4.78, 5) is 23.3. The highest BCUT2D eigenvalue weighted by Crippen LogP contribution is 2.25. The van der Waals surface area contributed by atoms with Gasteiger partial charge in [-0.2, -0.15) is 0 Å². The molecule has 1 saturated heterocycles. The molecule has 1 aromatic rings. The van der Waals surface area contributed by atoms with Crippen LogP contribution in [0.1, 0.15) is 45.4 Å². The lowest BCUT2D eigenvalue weighted by molar-refractivity contribution is -0.126. The van der Waals surface area contributed by atoms with Gasteiger partial charge in [-0.15, -0.1) is 0 Å². The van der Waals surface area contributed by atoms with Gasteiger partial charge in [0.2, 0.25) is 11.9 Å². The monoisotopic (exact) mass is 302 g/mol. The summed E-state index contributed by atoms with van der Waals surface area (Å²) >= 11 is 0. The molecule has 1 atom stereocenters. The van der Waals surface area contributed by atoms with Crippen LogP contribution < -0.4 is 10.2 Å². The number of carbonyl (C=O) groups is 1. The summed E-state index contributed by atoms with van der Waals surface area (Å²) < 4.78 is 0. The van der Waals surface area contributed by atoms with Gasteiger partial charge in [-0.1, -0.05) is 6.92 Å². The van der Waals surface area contributed by atoms with Crippen molar-refractivity contribution in [3.8, 4) is 0 Å². The van der Waals surface area contributed by atoms with E-state index < -0.39 is 0 Å². The Hall–Kier alpha value is -1.65. The summed E-state index contributed by atoms with van der Waals surface area (Å²) in [7, 11) is 0. The lowest BCUT2D eigenvalue weighted by Gasteiger charge is -2.34. The number of amides is 1. The Morgan fingerprint density at radius 2 is 1.91 bits per heavy atom. The van der Waals surface area contributed by atoms with Crippen LogP contribution in [-0.4, -0.2) is 35.0 Å². The van der Waals surface area contributed by atoms with Gasteiger partial charge in [0.05, 0.1) is 5.92 Å². The summed E-state index contributed by atoms with van der Waals surface area (Å²) in [5.74, 6) is 1.84. The molecular formula is C17H26N4O. The third-order valence-electron chi connectivity index (χ3n) is 4.99. The van der Waals surface area contributed by atoms with Gasteiger partial charge in [0.1, 0.15) is 0 Å². The van der Waals surface area contributed by atoms with E-state index >= 15 is 0 Å². The van der Waals surface area contributed by atoms with Crippen molar-refractivity contribution >= 4 is 11.9 Å². The number of hydrogen-bond acceptors (Lipinski definition) is 4. The molecule has 0 bridgehead atoms. The molecular weight excluding hydrogens is 276 g/mol. The molecule has 1 amide bonds. The van der Waals surface area contributed by atoms with Crippen molar-refractivity contribution in [2.24, 2.45) is 11.8 Å². The van der Waals surface area contributed by atoms with Crippen molar-refractivity contribution in [2.75, 3.05) is 18.0 Å². The second kappa shape index (κ2) is 7.07. The number of piperidine rings is 1. The van der Waals surface area contributed by atoms with Crippen molar-refractivity contribution in [3.05, 3.63) is 18.5 Å². The molecule has 2 fully saturated rings. The van der Waals surface area contributed by atoms with Crippen LogP contribution in [0.4, 0.5) is 5.95 Å². The van der Waals surface area contributed by atoms with Gasteiger partial charge in [-0.3, -0.25) is 4.79 Å². The summed E-state index contributed by atoms with van der Waals surface area (Å²) in [5, 5.41) is 3.27. The molecule has 0 spiro atoms. The molecule has 22 heavy (non-hydrogen) atoms. The Bertz CT molecular complexity index is 485. The Kier molecular flexibility index (Phi) is 4.90. The molecule has 0 aromatic carbocycles. The van der Waals surface area contributed by atoms with Gasteiger partial charge in [-0.25, -0.2) is 9.97 Å². The Morgan fingerprint density at radius 3 is 2.64 bits per heavy atom. The summed E-state index contributed by atoms with van der Waals surface area (Å²) in [6, 6.07) is 2.20. The minimum atomic E-state index is 0.0666. The number of aromatic nitrogens is 2. The SMILES string of the molecule is CC1CCC(NC(=O)C2CCCN(c3ncccn3)C2)CC1. The first-order valence-electron chi connectivity index (χ1n) is 8.54. The van der Waals surface area contributed by atoms with Crippen LogP contribution >= 0.6 is 0 Å². The van der Waals surface area contributed by atoms with Crippen LogP contribution in [0.2, 0.25) is 0 Å². The van der Waals surface area contributed by atoms with Crippen LogP contribution in [-0.2, 0) is 4.79 Å². The predicted molar refractivity (Wildman–Crippen MR) is 86.5 cm³/mol. The van der Waals surface area contributed by atoms with Gasteiger partial charge in [0.25, 0.3) is 0 Å². The number of rotatable bonds is 3. The number of carbonyl (C=O) groups excluding carboxylic acids is 1. The topological polar surface area (TPSA) is 58.1 Å². The number of hydrogen-bond donors (Lipinski definition) is 1. The van der Waals surface area contributed by atoms with E-state index in [1.807, 2.05) is 6.07 Å². The second-order valence-electron chi connectivity index (χ2n) is 6.80. The first-order valence-corrected chi connectivity index (χ1v) is 8.54. The maximum atomic E-state index is 12.5. The minimum absolute atomic E-state index is 0.0666. The van der Waals surface area contributed by atoms with E-state index in [0.29, 0.717) is 6.04 Å². The third kappa shape index (κ3) is 3.76. The van der Waals surface area contributed by atoms with Crippen LogP contribution in [0.15, 0.2) is 18.5 Å². The van der Waals surface area contributed by atoms with E-state index in [0.717, 1.165) is 50.6 Å². The largest absolute Gasteiger partial charge is 0.353 e. The van der Waals surface area contributed by atoms with Crippen molar-refractivity contribution in [2.45, 2.75) is 51.5 Å². The molecule has 120 valence electrons. The number of nitrogens with one attached hydrogen (secondary N) is 1. The molecule has 2 aliphatic rings. The van der Waals surface area contributed by atoms with Crippen molar-refractivity contribution < 1.29 is 4.79 Å². The van der Waals surface area contributed by atoms with Gasteiger partial charge >= 0.3 is 0 Å². The van der Waals surface area contributed by atoms with Crippen LogP contribution in [0.5, 0.6) is 0 Å². The highest BCUT2D eigenvalue weighted by Gasteiger charge is 2.29. The zero-order valence-corrected chi connectivity index (χ0v) is 13.4. The average Bonchev–Trinajstić information content (AvgIpc) is 2.58. The van der Waals surface area contributed by atoms with Gasteiger partial charge < -0.3 is 10.2 Å². The first-order chi connectivity index (χ1) is 10.7. The van der Waals surface area contributed by atoms with Crippen molar-refractivity contribution in [1.82, 2.24) is 15.3 Å². The fraction of sp³-hybridized carbons (Fsp3) is 0.706. The Balaban J connectivity index is 1.54. The summed E-state index contributed by atoms with van der Waals surface area (Å²) in [5.41, 5.74) is 0. The van der Waals surface area contributed by atoms with Crippen LogP contribution in [0.3, 0.4) is 0 Å². The smallest absolute Gasteiger partial charge is 0.225 e. The standard InChI is InChI=1S/C17H26N4O/c1-13-5-7-15(8-6-13)20-16(22)14-4-2-11-21(12-14)17-18-9-3-10-19-17/h3,9-10,13-15H,2,4-8,11-12H2,1H3,(H,20,22). The fourth-order valence-electron chi connectivity index (χ4n) is 3.55. The molecule has 1 N–H and O–H groups in total. The first kappa shape index (κ1) is 15.3. The maximum absolute atomic E-state index is 12.5. The van der Waals surface area contributed by atoms with Crippen molar-refractivity contribution in [3.63, 3.8) is 0 Å². The summed E-state index contributed by atoms with van der Waals surface area (Å²) in [6.45, 7) is 3.98. The van der Waals surface area contributed by atoms with E-state index in [-0.39, 0.29) is 11.8 Å². The molecule has 1 aromatic heterocycles. The van der Waals surface area contributed by atoms with Crippen molar-refractivity contribution in [1.29, 1.82) is 0 Å². The van der Waals surface area contributed by atoms with E-state index in [1.54, 1.807) is 12.4 Å². The minimum Gasteiger partial charge on any atom is -0.353 e. The van der Waals surface area contributed by atoms with Gasteiger partial charge in [0, 0.05) is 31.5 Å². The molecule has 5 heteroatoms. The third-order valence-corrected chi connectivity index (χ3v) is 4.99. The molecule has 5 nitrogen and oxygen atoms in total. The maximum Gasteiger partial charge on any atom is 0.225 e. The molecule has 1 aliphatic heterocycles. The molecule has 2 heterocycles. The van der Waals surface area contributed by atoms with Crippen LogP contribution in [0, 0.1) is 11.8 Å². The highest BCUT2D eigenvalue weighted by atomic mass is 16.2. The van der Waals surface area contributed by atoms with E-state index in [1.165, 1.54) is 12.8 Å². The van der Waals surface area contributed by atoms with E-state index in [4.69, 9.17) is 0 Å².